The molecule has 0 heterocycles. The first-order chi connectivity index (χ1) is 28.7. The minimum Gasteiger partial charge on any atom is -0.374 e. The Labute approximate surface area is 412 Å². The van der Waals surface area contributed by atoms with E-state index in [-0.39, 0.29) is 0 Å². The molecule has 0 spiro atoms. The third-order valence-corrected chi connectivity index (χ3v) is 64.7. The lowest BCUT2D eigenvalue weighted by atomic mass is 9.87. The highest BCUT2D eigenvalue weighted by molar-refractivity contribution is 9.73. The first-order valence-electron chi connectivity index (χ1n) is 22.1. The molecule has 60 heavy (non-hydrogen) atoms. The Morgan fingerprint density at radius 2 is 0.867 bits per heavy atom. The molecule has 6 atom stereocenters. The fraction of sp³-hybridized carbons (Fsp3) is 1.00. The lowest BCUT2D eigenvalue weighted by Crippen LogP contribution is -2.46. The van der Waals surface area contributed by atoms with Crippen LogP contribution in [0.4, 0.5) is 0 Å². The van der Waals surface area contributed by atoms with Gasteiger partial charge in [-0.05, 0) is 186 Å². The van der Waals surface area contributed by atoms with Gasteiger partial charge in [-0.15, -0.1) is 31.4 Å². The molecule has 0 aromatic heterocycles. The van der Waals surface area contributed by atoms with Crippen LogP contribution in [0.5, 0.6) is 0 Å². The zero-order valence-electron chi connectivity index (χ0n) is 37.9. The highest BCUT2D eigenvalue weighted by atomic mass is 34.1. The molecule has 0 aliphatic heterocycles. The minimum absolute atomic E-state index is 0.574. The maximum Gasteiger partial charge on any atom is 0.500 e. The van der Waals surface area contributed by atoms with Gasteiger partial charge in [-0.25, -0.2) is 0 Å². The van der Waals surface area contributed by atoms with Crippen LogP contribution in [-0.4, -0.2) is 109 Å². The van der Waals surface area contributed by atoms with E-state index in [2.05, 4.69) is 19.7 Å². The van der Waals surface area contributed by atoms with Crippen LogP contribution in [0.25, 0.3) is 0 Å². The highest BCUT2D eigenvalue weighted by Gasteiger charge is 2.46. The molecule has 0 saturated heterocycles. The first kappa shape index (κ1) is 60.6. The maximum atomic E-state index is 6.40. The Hall–Kier alpha value is 4.49. The minimum atomic E-state index is -2.85. The molecule has 2 bridgehead atoms. The van der Waals surface area contributed by atoms with E-state index in [0.29, 0.717) is 59.5 Å². The van der Waals surface area contributed by atoms with Crippen molar-refractivity contribution >= 4 is 145 Å². The predicted molar refractivity (Wildman–Crippen MR) is 300 cm³/mol. The van der Waals surface area contributed by atoms with Crippen molar-refractivity contribution in [2.45, 2.75) is 132 Å². The molecule has 0 radical (unpaired) electrons. The molecule has 0 aromatic rings. The van der Waals surface area contributed by atoms with Crippen molar-refractivity contribution in [2.75, 3.05) is 82.5 Å². The van der Waals surface area contributed by atoms with Gasteiger partial charge in [0.15, 0.2) is 0 Å². The van der Waals surface area contributed by atoms with Crippen molar-refractivity contribution in [1.82, 2.24) is 0 Å². The molecule has 6 unspecified atom stereocenters. The number of hydrogen-bond donors (Lipinski definition) is 4. The number of rotatable bonds is 40. The summed E-state index contributed by atoms with van der Waals surface area (Å²) in [5, 5.41) is 0. The van der Waals surface area contributed by atoms with E-state index in [1.54, 1.807) is 19.7 Å². The summed E-state index contributed by atoms with van der Waals surface area (Å²) in [5.74, 6) is 6.63. The Bertz CT molecular complexity index is 1090. The van der Waals surface area contributed by atoms with Crippen LogP contribution in [0.1, 0.15) is 114 Å². The van der Waals surface area contributed by atoms with Crippen LogP contribution in [0.2, 0.25) is 18.1 Å². The van der Waals surface area contributed by atoms with E-state index >= 15 is 0 Å². The van der Waals surface area contributed by atoms with Crippen molar-refractivity contribution in [1.29, 1.82) is 0 Å². The molecule has 2 rings (SSSR count). The normalized spacial score (nSPS) is 23.2. The van der Waals surface area contributed by atoms with Gasteiger partial charge in [-0.2, -0.15) is 0 Å². The molecular formula is C36H82O9S12Si3. The lowest BCUT2D eigenvalue weighted by Gasteiger charge is -2.47. The van der Waals surface area contributed by atoms with Crippen LogP contribution >= 0.6 is 118 Å². The van der Waals surface area contributed by atoms with Gasteiger partial charge in [0.2, 0.25) is 0 Å². The summed E-state index contributed by atoms with van der Waals surface area (Å²) in [7, 11) is -3.51. The summed E-state index contributed by atoms with van der Waals surface area (Å²) >= 11 is 21.1. The summed E-state index contributed by atoms with van der Waals surface area (Å²) in [6, 6.07) is 2.33. The molecule has 2 aliphatic rings. The summed E-state index contributed by atoms with van der Waals surface area (Å²) in [5.41, 5.74) is 0. The van der Waals surface area contributed by atoms with Gasteiger partial charge >= 0.3 is 26.4 Å². The average molecular weight is 1130 g/mol. The average Bonchev–Trinajstić information content (AvgIpc) is 3.85. The molecule has 2 fully saturated rings. The third kappa shape index (κ3) is 20.8. The SMILES string of the molecule is CCO[Si](CCCS(S)(SS)SSS(CCC[Si](OCC)(OCC)OCC)(CCC1CC2CCC1C2)SS(S)(CCC[Si](OCC)(OCC)OCC)SS)(OCC)OCC. The molecule has 9 nitrogen and oxygen atoms in total. The van der Waals surface area contributed by atoms with Crippen molar-refractivity contribution in [3.63, 3.8) is 0 Å². The summed E-state index contributed by atoms with van der Waals surface area (Å²) < 4.78 is 56.8. The second-order valence-corrected chi connectivity index (χ2v) is 56.6. The summed E-state index contributed by atoms with van der Waals surface area (Å²) in [4.78, 5) is 0. The van der Waals surface area contributed by atoms with E-state index in [4.69, 9.17) is 86.5 Å². The highest BCUT2D eigenvalue weighted by Crippen LogP contribution is 2.94. The van der Waals surface area contributed by atoms with Gasteiger partial charge in [0.25, 0.3) is 0 Å². The molecule has 2 saturated carbocycles. The zero-order chi connectivity index (χ0) is 44.6. The number of thiol groups is 4. The van der Waals surface area contributed by atoms with Crippen LogP contribution in [-0.2, 0) is 39.8 Å². The van der Waals surface area contributed by atoms with Crippen molar-refractivity contribution < 1.29 is 39.8 Å². The van der Waals surface area contributed by atoms with Gasteiger partial charge in [0.1, 0.15) is 0 Å². The fourth-order valence-corrected chi connectivity index (χ4v) is 67.7. The summed E-state index contributed by atoms with van der Waals surface area (Å²) in [6.07, 6.45) is 9.64. The Balaban J connectivity index is 2.53. The van der Waals surface area contributed by atoms with Crippen molar-refractivity contribution in [3.8, 4) is 0 Å². The van der Waals surface area contributed by atoms with Crippen LogP contribution in [0.3, 0.4) is 0 Å². The molecule has 0 amide bonds. The van der Waals surface area contributed by atoms with Crippen molar-refractivity contribution in [3.05, 3.63) is 0 Å². The largest absolute Gasteiger partial charge is 0.500 e. The Kier molecular flexibility index (Phi) is 32.7. The lowest BCUT2D eigenvalue weighted by molar-refractivity contribution is 0.0704. The van der Waals surface area contributed by atoms with E-state index in [1.807, 2.05) is 72.1 Å². The maximum absolute atomic E-state index is 6.40. The third-order valence-electron chi connectivity index (χ3n) is 10.4. The molecule has 2 aliphatic carbocycles. The second kappa shape index (κ2) is 32.4. The predicted octanol–water partition coefficient (Wildman–Crippen LogP) is 15.0. The van der Waals surface area contributed by atoms with E-state index < -0.39 is 48.8 Å². The quantitative estimate of drug-likeness (QED) is 0.0267. The van der Waals surface area contributed by atoms with Crippen LogP contribution in [0, 0.1) is 17.8 Å². The first-order valence-corrected chi connectivity index (χ1v) is 45.4. The number of fused-ring (bicyclic) bond motifs is 2. The monoisotopic (exact) mass is 1130 g/mol. The molecule has 364 valence electrons. The topological polar surface area (TPSA) is 83.1 Å². The molecule has 0 N–H and O–H groups in total. The molecule has 0 aromatic carbocycles. The molecule has 24 heteroatoms. The van der Waals surface area contributed by atoms with E-state index in [9.17, 15) is 0 Å². The smallest absolute Gasteiger partial charge is 0.374 e. The summed E-state index contributed by atoms with van der Waals surface area (Å²) in [6.45, 7) is 23.5. The van der Waals surface area contributed by atoms with Crippen LogP contribution < -0.4 is 0 Å². The Morgan fingerprint density at radius 1 is 0.483 bits per heavy atom. The van der Waals surface area contributed by atoms with E-state index in [1.165, 1.54) is 37.9 Å². The van der Waals surface area contributed by atoms with Crippen LogP contribution in [0.15, 0.2) is 0 Å². The van der Waals surface area contributed by atoms with Gasteiger partial charge < -0.3 is 39.8 Å². The number of hydrogen-bond acceptors (Lipinski definition) is 18. The standard InChI is InChI=1S/C36H82O9S12Si3/c1-10-37-58(38-11-2,39-12-3)29-19-25-55(28-24-36-33-34-22-23-35(36)32-34,54-57(49,51-47)27-21-31-60(43-16-7,44-17-8)45-18-9)52-53-56(48,50-46)26-20-30-59(40-13-4,41-14-5)42-15-6/h34-36,46-49H,10-33H2,1-9H3. The van der Waals surface area contributed by atoms with Gasteiger partial charge in [-0.3, -0.25) is 0 Å². The van der Waals surface area contributed by atoms with Crippen molar-refractivity contribution in [2.24, 2.45) is 17.8 Å². The Morgan fingerprint density at radius 3 is 1.20 bits per heavy atom. The van der Waals surface area contributed by atoms with Gasteiger partial charge in [0, 0.05) is 89.1 Å². The van der Waals surface area contributed by atoms with E-state index in [0.717, 1.165) is 72.4 Å². The fourth-order valence-electron chi connectivity index (χ4n) is 8.22. The van der Waals surface area contributed by atoms with Gasteiger partial charge in [-0.1, -0.05) is 44.0 Å². The van der Waals surface area contributed by atoms with Gasteiger partial charge in [0.05, 0.1) is 0 Å². The zero-order valence-corrected chi connectivity index (χ0v) is 51.0. The molecular weight excluding hydrogens is 1050 g/mol. The second-order valence-electron chi connectivity index (χ2n) is 14.6.